The Bertz CT molecular complexity index is 536. The summed E-state index contributed by atoms with van der Waals surface area (Å²) in [4.78, 5) is 12.9. The predicted octanol–water partition coefficient (Wildman–Crippen LogP) is 3.02. The van der Waals surface area contributed by atoms with Crippen molar-refractivity contribution in [1.29, 1.82) is 0 Å². The van der Waals surface area contributed by atoms with Gasteiger partial charge in [0.1, 0.15) is 11.3 Å². The molecular formula is C14H18N4. The summed E-state index contributed by atoms with van der Waals surface area (Å²) < 4.78 is 0. The second kappa shape index (κ2) is 4.88. The molecule has 0 spiro atoms. The van der Waals surface area contributed by atoms with E-state index in [4.69, 9.17) is 0 Å². The predicted molar refractivity (Wildman–Crippen MR) is 72.4 cm³/mol. The van der Waals surface area contributed by atoms with E-state index in [9.17, 15) is 0 Å². The SMILES string of the molecule is CC(CCC1CC1)Nc1ccc2nccnc2n1. The fourth-order valence-electron chi connectivity index (χ4n) is 2.15. The maximum Gasteiger partial charge on any atom is 0.180 e. The molecule has 1 aliphatic carbocycles. The fourth-order valence-corrected chi connectivity index (χ4v) is 2.15. The highest BCUT2D eigenvalue weighted by molar-refractivity contribution is 5.71. The number of hydrogen-bond acceptors (Lipinski definition) is 4. The van der Waals surface area contributed by atoms with Gasteiger partial charge in [0.25, 0.3) is 0 Å². The zero-order valence-corrected chi connectivity index (χ0v) is 10.6. The monoisotopic (exact) mass is 242 g/mol. The van der Waals surface area contributed by atoms with Gasteiger partial charge in [0.05, 0.1) is 0 Å². The molecule has 4 heteroatoms. The second-order valence-corrected chi connectivity index (χ2v) is 5.16. The number of hydrogen-bond donors (Lipinski definition) is 1. The first kappa shape index (κ1) is 11.4. The molecule has 2 aromatic heterocycles. The van der Waals surface area contributed by atoms with Crippen LogP contribution in [0.4, 0.5) is 5.82 Å². The molecule has 3 rings (SSSR count). The van der Waals surface area contributed by atoms with Gasteiger partial charge in [-0.05, 0) is 37.8 Å². The summed E-state index contributed by atoms with van der Waals surface area (Å²) in [6, 6.07) is 4.41. The van der Waals surface area contributed by atoms with Crippen molar-refractivity contribution in [3.05, 3.63) is 24.5 Å². The first-order chi connectivity index (χ1) is 8.81. The third kappa shape index (κ3) is 2.75. The molecule has 0 saturated heterocycles. The van der Waals surface area contributed by atoms with Crippen LogP contribution in [0.1, 0.15) is 32.6 Å². The number of fused-ring (bicyclic) bond motifs is 1. The molecule has 0 aliphatic heterocycles. The van der Waals surface area contributed by atoms with E-state index in [1.807, 2.05) is 12.1 Å². The molecule has 1 aliphatic rings. The van der Waals surface area contributed by atoms with Crippen molar-refractivity contribution >= 4 is 17.0 Å². The highest BCUT2D eigenvalue weighted by atomic mass is 15.0. The molecule has 1 saturated carbocycles. The van der Waals surface area contributed by atoms with Crippen LogP contribution >= 0.6 is 0 Å². The average Bonchev–Trinajstić information content (AvgIpc) is 3.20. The number of pyridine rings is 1. The topological polar surface area (TPSA) is 50.7 Å². The Balaban J connectivity index is 1.65. The van der Waals surface area contributed by atoms with Gasteiger partial charge in [-0.25, -0.2) is 9.97 Å². The second-order valence-electron chi connectivity index (χ2n) is 5.16. The summed E-state index contributed by atoms with van der Waals surface area (Å²) in [5.74, 6) is 1.89. The molecule has 2 heterocycles. The van der Waals surface area contributed by atoms with Crippen molar-refractivity contribution in [2.45, 2.75) is 38.6 Å². The molecule has 1 fully saturated rings. The smallest absolute Gasteiger partial charge is 0.180 e. The van der Waals surface area contributed by atoms with Crippen LogP contribution in [-0.2, 0) is 0 Å². The summed E-state index contributed by atoms with van der Waals surface area (Å²) in [7, 11) is 0. The van der Waals surface area contributed by atoms with E-state index < -0.39 is 0 Å². The van der Waals surface area contributed by atoms with Gasteiger partial charge in [0.2, 0.25) is 0 Å². The fraction of sp³-hybridized carbons (Fsp3) is 0.500. The molecule has 0 aromatic carbocycles. The van der Waals surface area contributed by atoms with E-state index in [0.29, 0.717) is 11.7 Å². The number of rotatable bonds is 5. The Kier molecular flexibility index (Phi) is 3.09. The summed E-state index contributed by atoms with van der Waals surface area (Å²) >= 11 is 0. The zero-order chi connectivity index (χ0) is 12.4. The normalized spacial score (nSPS) is 16.7. The van der Waals surface area contributed by atoms with Crippen LogP contribution in [0.2, 0.25) is 0 Å². The summed E-state index contributed by atoms with van der Waals surface area (Å²) in [5.41, 5.74) is 1.55. The Morgan fingerprint density at radius 2 is 2.11 bits per heavy atom. The van der Waals surface area contributed by atoms with Gasteiger partial charge < -0.3 is 5.32 Å². The van der Waals surface area contributed by atoms with Gasteiger partial charge in [-0.2, -0.15) is 0 Å². The van der Waals surface area contributed by atoms with Crippen LogP contribution in [0.3, 0.4) is 0 Å². The standard InChI is InChI=1S/C14H18N4/c1-10(2-3-11-4-5-11)17-13-7-6-12-14(18-13)16-9-8-15-12/h6-11H,2-5H2,1H3,(H,16,17,18). The quantitative estimate of drug-likeness (QED) is 0.875. The molecule has 94 valence electrons. The van der Waals surface area contributed by atoms with Gasteiger partial charge >= 0.3 is 0 Å². The Morgan fingerprint density at radius 3 is 2.94 bits per heavy atom. The van der Waals surface area contributed by atoms with Crippen molar-refractivity contribution in [2.75, 3.05) is 5.32 Å². The van der Waals surface area contributed by atoms with E-state index in [-0.39, 0.29) is 0 Å². The molecule has 1 N–H and O–H groups in total. The van der Waals surface area contributed by atoms with Crippen molar-refractivity contribution < 1.29 is 0 Å². The van der Waals surface area contributed by atoms with Crippen molar-refractivity contribution in [1.82, 2.24) is 15.0 Å². The Labute approximate surface area is 107 Å². The molecule has 4 nitrogen and oxygen atoms in total. The summed E-state index contributed by atoms with van der Waals surface area (Å²) in [6.07, 6.45) is 8.77. The highest BCUT2D eigenvalue weighted by Crippen LogP contribution is 2.34. The van der Waals surface area contributed by atoms with Crippen LogP contribution in [0, 0.1) is 5.92 Å². The third-order valence-corrected chi connectivity index (χ3v) is 3.43. The minimum absolute atomic E-state index is 0.465. The maximum absolute atomic E-state index is 4.47. The number of nitrogens with zero attached hydrogens (tertiary/aromatic N) is 3. The van der Waals surface area contributed by atoms with E-state index in [2.05, 4.69) is 27.2 Å². The molecular weight excluding hydrogens is 224 g/mol. The summed E-state index contributed by atoms with van der Waals surface area (Å²) in [6.45, 7) is 2.21. The molecule has 0 bridgehead atoms. The third-order valence-electron chi connectivity index (χ3n) is 3.43. The van der Waals surface area contributed by atoms with Crippen LogP contribution in [0.5, 0.6) is 0 Å². The van der Waals surface area contributed by atoms with E-state index in [1.54, 1.807) is 12.4 Å². The van der Waals surface area contributed by atoms with Crippen LogP contribution in [-0.4, -0.2) is 21.0 Å². The lowest BCUT2D eigenvalue weighted by atomic mass is 10.1. The largest absolute Gasteiger partial charge is 0.368 e. The van der Waals surface area contributed by atoms with Gasteiger partial charge in [-0.15, -0.1) is 0 Å². The van der Waals surface area contributed by atoms with Gasteiger partial charge in [0, 0.05) is 18.4 Å². The van der Waals surface area contributed by atoms with Gasteiger partial charge in [-0.3, -0.25) is 4.98 Å². The van der Waals surface area contributed by atoms with Crippen molar-refractivity contribution in [3.63, 3.8) is 0 Å². The minimum atomic E-state index is 0.465. The van der Waals surface area contributed by atoms with Gasteiger partial charge in [-0.1, -0.05) is 12.8 Å². The average molecular weight is 242 g/mol. The van der Waals surface area contributed by atoms with E-state index in [0.717, 1.165) is 17.3 Å². The maximum atomic E-state index is 4.47. The van der Waals surface area contributed by atoms with Crippen molar-refractivity contribution in [2.24, 2.45) is 5.92 Å². The first-order valence-corrected chi connectivity index (χ1v) is 6.65. The molecule has 0 radical (unpaired) electrons. The van der Waals surface area contributed by atoms with Crippen LogP contribution in [0.25, 0.3) is 11.2 Å². The van der Waals surface area contributed by atoms with Crippen LogP contribution < -0.4 is 5.32 Å². The lowest BCUT2D eigenvalue weighted by Gasteiger charge is -2.14. The van der Waals surface area contributed by atoms with E-state index in [1.165, 1.54) is 25.7 Å². The van der Waals surface area contributed by atoms with Crippen LogP contribution in [0.15, 0.2) is 24.5 Å². The first-order valence-electron chi connectivity index (χ1n) is 6.65. The molecule has 18 heavy (non-hydrogen) atoms. The molecule has 2 aromatic rings. The van der Waals surface area contributed by atoms with Crippen molar-refractivity contribution in [3.8, 4) is 0 Å². The lowest BCUT2D eigenvalue weighted by molar-refractivity contribution is 0.609. The molecule has 0 amide bonds. The highest BCUT2D eigenvalue weighted by Gasteiger charge is 2.21. The van der Waals surface area contributed by atoms with E-state index >= 15 is 0 Å². The Hall–Kier alpha value is -1.71. The Morgan fingerprint density at radius 1 is 1.28 bits per heavy atom. The minimum Gasteiger partial charge on any atom is -0.368 e. The lowest BCUT2D eigenvalue weighted by Crippen LogP contribution is -2.16. The molecule has 1 atom stereocenters. The number of aromatic nitrogens is 3. The zero-order valence-electron chi connectivity index (χ0n) is 10.6. The summed E-state index contributed by atoms with van der Waals surface area (Å²) in [5, 5.41) is 3.44. The number of nitrogens with one attached hydrogen (secondary N) is 1. The number of anilines is 1. The van der Waals surface area contributed by atoms with Gasteiger partial charge in [0.15, 0.2) is 5.65 Å². The molecule has 1 unspecified atom stereocenters.